The van der Waals surface area contributed by atoms with Crippen LogP contribution in [0.25, 0.3) is 0 Å². The van der Waals surface area contributed by atoms with E-state index in [4.69, 9.17) is 4.74 Å². The van der Waals surface area contributed by atoms with Crippen molar-refractivity contribution < 1.29 is 24.5 Å². The molecule has 0 bridgehead atoms. The van der Waals surface area contributed by atoms with Crippen molar-refractivity contribution in [3.8, 4) is 0 Å². The van der Waals surface area contributed by atoms with E-state index in [-0.39, 0.29) is 17.9 Å². The van der Waals surface area contributed by atoms with Gasteiger partial charge in [-0.15, -0.1) is 0 Å². The number of benzene rings is 1. The Morgan fingerprint density at radius 2 is 1.83 bits per heavy atom. The van der Waals surface area contributed by atoms with Crippen molar-refractivity contribution in [2.45, 2.75) is 69.8 Å². The molecule has 0 radical (unpaired) electrons. The molecule has 1 aromatic carbocycles. The molecule has 2 aliphatic heterocycles. The van der Waals surface area contributed by atoms with Gasteiger partial charge in [-0.1, -0.05) is 69.0 Å². The zero-order chi connectivity index (χ0) is 25.2. The Labute approximate surface area is 207 Å². The standard InChI is InChI=1S/C29H37NO5/c1-18-9-7-13-23-27(33)20(3)19(2)26-24(17-21-10-5-4-6-11-21)30-28(34)29(23,26)35-25(32)14-8-12-22(31)16-15-18/h4-8,10-11,13-14,18-19,22-24,26-27,31,33H,3,9,12,15-17H2,1-2H3,(H,30,34)/b13-7+,14-8+/t18-,19?,22?,23?,24-,26?,27+,29+/m0/s1. The summed E-state index contributed by atoms with van der Waals surface area (Å²) in [5.74, 6) is -2.08. The minimum absolute atomic E-state index is 0.251. The van der Waals surface area contributed by atoms with Gasteiger partial charge in [0.25, 0.3) is 5.91 Å². The van der Waals surface area contributed by atoms with Crippen molar-refractivity contribution >= 4 is 11.9 Å². The van der Waals surface area contributed by atoms with Crippen LogP contribution in [0.2, 0.25) is 0 Å². The summed E-state index contributed by atoms with van der Waals surface area (Å²) in [5.41, 5.74) is 0.170. The maximum Gasteiger partial charge on any atom is 0.331 e. The van der Waals surface area contributed by atoms with Gasteiger partial charge in [-0.2, -0.15) is 0 Å². The molecule has 1 saturated heterocycles. The minimum Gasteiger partial charge on any atom is -0.445 e. The van der Waals surface area contributed by atoms with Gasteiger partial charge in [-0.3, -0.25) is 4.79 Å². The monoisotopic (exact) mass is 479 g/mol. The van der Waals surface area contributed by atoms with Crippen molar-refractivity contribution in [2.75, 3.05) is 0 Å². The van der Waals surface area contributed by atoms with E-state index in [1.807, 2.05) is 49.4 Å². The van der Waals surface area contributed by atoms with Crippen LogP contribution in [0, 0.1) is 23.7 Å². The number of aliphatic hydroxyl groups excluding tert-OH is 2. The van der Waals surface area contributed by atoms with Gasteiger partial charge in [-0.25, -0.2) is 4.79 Å². The van der Waals surface area contributed by atoms with Crippen molar-refractivity contribution in [1.29, 1.82) is 0 Å². The smallest absolute Gasteiger partial charge is 0.331 e. The fourth-order valence-corrected chi connectivity index (χ4v) is 6.05. The first-order chi connectivity index (χ1) is 16.7. The van der Waals surface area contributed by atoms with E-state index in [1.54, 1.807) is 6.08 Å². The van der Waals surface area contributed by atoms with Gasteiger partial charge >= 0.3 is 5.97 Å². The molecule has 0 aromatic heterocycles. The lowest BCUT2D eigenvalue weighted by Crippen LogP contribution is -2.61. The summed E-state index contributed by atoms with van der Waals surface area (Å²) >= 11 is 0. The molecule has 8 atom stereocenters. The fourth-order valence-electron chi connectivity index (χ4n) is 6.05. The molecular formula is C29H37NO5. The van der Waals surface area contributed by atoms with Gasteiger partial charge in [0.05, 0.1) is 18.1 Å². The Hall–Kier alpha value is -2.70. The zero-order valence-electron chi connectivity index (χ0n) is 20.6. The first-order valence-corrected chi connectivity index (χ1v) is 12.7. The highest BCUT2D eigenvalue weighted by atomic mass is 16.6. The summed E-state index contributed by atoms with van der Waals surface area (Å²) in [6, 6.07) is 9.62. The molecule has 3 aliphatic rings. The number of carbonyl (C=O) groups excluding carboxylic acids is 2. The molecule has 1 aliphatic carbocycles. The Balaban J connectivity index is 1.77. The predicted octanol–water partition coefficient (Wildman–Crippen LogP) is 3.49. The molecule has 1 saturated carbocycles. The quantitative estimate of drug-likeness (QED) is 0.446. The predicted molar refractivity (Wildman–Crippen MR) is 134 cm³/mol. The van der Waals surface area contributed by atoms with E-state index in [9.17, 15) is 19.8 Å². The van der Waals surface area contributed by atoms with Crippen LogP contribution < -0.4 is 5.32 Å². The molecular weight excluding hydrogens is 442 g/mol. The zero-order valence-corrected chi connectivity index (χ0v) is 20.6. The molecule has 1 aromatic rings. The van der Waals surface area contributed by atoms with E-state index in [1.165, 1.54) is 6.08 Å². The lowest BCUT2D eigenvalue weighted by atomic mass is 9.59. The second-order valence-corrected chi connectivity index (χ2v) is 10.5. The Bertz CT molecular complexity index is 1000. The highest BCUT2D eigenvalue weighted by molar-refractivity contribution is 5.94. The number of nitrogens with one attached hydrogen (secondary N) is 1. The lowest BCUT2D eigenvalue weighted by Gasteiger charge is -2.49. The Morgan fingerprint density at radius 3 is 2.57 bits per heavy atom. The van der Waals surface area contributed by atoms with E-state index in [0.717, 1.165) is 18.4 Å². The van der Waals surface area contributed by atoms with Crippen LogP contribution in [0.3, 0.4) is 0 Å². The molecule has 1 amide bonds. The van der Waals surface area contributed by atoms with E-state index in [0.29, 0.717) is 30.8 Å². The highest BCUT2D eigenvalue weighted by Gasteiger charge is 2.67. The summed E-state index contributed by atoms with van der Waals surface area (Å²) in [5, 5.41) is 24.7. The SMILES string of the molecule is C=C1C(C)C2[C@H](Cc3ccccc3)NC(=O)[C@]23OC(=O)/C=C/CC(O)CC[C@@H](C)C/C=C/C3[C@@H]1O. The number of esters is 1. The van der Waals surface area contributed by atoms with Gasteiger partial charge in [0, 0.05) is 18.0 Å². The third-order valence-corrected chi connectivity index (χ3v) is 8.04. The summed E-state index contributed by atoms with van der Waals surface area (Å²) in [4.78, 5) is 26.7. The van der Waals surface area contributed by atoms with E-state index >= 15 is 0 Å². The van der Waals surface area contributed by atoms with Crippen LogP contribution in [0.15, 0.2) is 66.8 Å². The van der Waals surface area contributed by atoms with Crippen LogP contribution in [-0.2, 0) is 20.7 Å². The number of rotatable bonds is 2. The van der Waals surface area contributed by atoms with Crippen LogP contribution >= 0.6 is 0 Å². The maximum atomic E-state index is 13.7. The molecule has 35 heavy (non-hydrogen) atoms. The van der Waals surface area contributed by atoms with Crippen LogP contribution in [0.1, 0.15) is 45.1 Å². The van der Waals surface area contributed by atoms with Crippen molar-refractivity contribution in [2.24, 2.45) is 23.7 Å². The second kappa shape index (κ2) is 10.5. The second-order valence-electron chi connectivity index (χ2n) is 10.5. The minimum atomic E-state index is -1.55. The normalized spacial score (nSPS) is 40.0. The van der Waals surface area contributed by atoms with Gasteiger partial charge in [0.1, 0.15) is 0 Å². The average Bonchev–Trinajstić information content (AvgIpc) is 3.09. The topological polar surface area (TPSA) is 95.9 Å². The molecule has 1 spiro atoms. The summed E-state index contributed by atoms with van der Waals surface area (Å²) in [6.45, 7) is 8.25. The molecule has 2 heterocycles. The number of aliphatic hydroxyl groups is 2. The highest BCUT2D eigenvalue weighted by Crippen LogP contribution is 2.52. The van der Waals surface area contributed by atoms with Gasteiger partial charge in [0.2, 0.25) is 5.60 Å². The van der Waals surface area contributed by atoms with Crippen molar-refractivity contribution in [1.82, 2.24) is 5.32 Å². The van der Waals surface area contributed by atoms with Gasteiger partial charge in [0.15, 0.2) is 0 Å². The van der Waals surface area contributed by atoms with Crippen molar-refractivity contribution in [3.05, 3.63) is 72.4 Å². The van der Waals surface area contributed by atoms with Crippen LogP contribution in [0.5, 0.6) is 0 Å². The molecule has 2 fully saturated rings. The largest absolute Gasteiger partial charge is 0.445 e. The first-order valence-electron chi connectivity index (χ1n) is 12.7. The number of allylic oxidation sites excluding steroid dienone is 1. The number of hydrogen-bond acceptors (Lipinski definition) is 5. The van der Waals surface area contributed by atoms with E-state index < -0.39 is 35.6 Å². The summed E-state index contributed by atoms with van der Waals surface area (Å²) in [6.07, 6.45) is 8.32. The third kappa shape index (κ3) is 5.00. The molecule has 6 heteroatoms. The maximum absolute atomic E-state index is 13.7. The number of hydrogen-bond donors (Lipinski definition) is 3. The average molecular weight is 480 g/mol. The number of amides is 1. The summed E-state index contributed by atoms with van der Waals surface area (Å²) < 4.78 is 6.07. The number of carbonyl (C=O) groups is 2. The van der Waals surface area contributed by atoms with Crippen LogP contribution in [0.4, 0.5) is 0 Å². The Kier molecular flexibility index (Phi) is 7.62. The van der Waals surface area contributed by atoms with Crippen molar-refractivity contribution in [3.63, 3.8) is 0 Å². The summed E-state index contributed by atoms with van der Waals surface area (Å²) in [7, 11) is 0. The molecule has 4 rings (SSSR count). The Morgan fingerprint density at radius 1 is 1.09 bits per heavy atom. The van der Waals surface area contributed by atoms with Gasteiger partial charge < -0.3 is 20.3 Å². The van der Waals surface area contributed by atoms with E-state index in [2.05, 4.69) is 18.8 Å². The molecule has 3 N–H and O–H groups in total. The van der Waals surface area contributed by atoms with Crippen LogP contribution in [-0.4, -0.2) is 45.9 Å². The third-order valence-electron chi connectivity index (χ3n) is 8.04. The molecule has 6 nitrogen and oxygen atoms in total. The fraction of sp³-hybridized carbons (Fsp3) is 0.517. The molecule has 4 unspecified atom stereocenters. The lowest BCUT2D eigenvalue weighted by molar-refractivity contribution is -0.182. The first kappa shape index (κ1) is 25.4. The number of ether oxygens (including phenoxy) is 1. The van der Waals surface area contributed by atoms with Gasteiger partial charge in [-0.05, 0) is 55.1 Å². The molecule has 188 valence electrons.